The van der Waals surface area contributed by atoms with E-state index in [1.807, 2.05) is 12.1 Å². The summed E-state index contributed by atoms with van der Waals surface area (Å²) in [5, 5.41) is 5.41. The van der Waals surface area contributed by atoms with E-state index in [0.717, 1.165) is 23.0 Å². The summed E-state index contributed by atoms with van der Waals surface area (Å²) < 4.78 is 0. The van der Waals surface area contributed by atoms with Gasteiger partial charge in [-0.25, -0.2) is 4.98 Å². The summed E-state index contributed by atoms with van der Waals surface area (Å²) in [6.07, 6.45) is 0. The van der Waals surface area contributed by atoms with Gasteiger partial charge in [0.1, 0.15) is 5.01 Å². The van der Waals surface area contributed by atoms with Crippen LogP contribution in [0.5, 0.6) is 0 Å². The average molecular weight is 327 g/mol. The molecule has 2 nitrogen and oxygen atoms in total. The first-order valence-corrected chi connectivity index (χ1v) is 8.79. The van der Waals surface area contributed by atoms with Crippen LogP contribution in [0.25, 0.3) is 0 Å². The summed E-state index contributed by atoms with van der Waals surface area (Å²) in [4.78, 5) is 7.22. The molecule has 0 aliphatic heterocycles. The van der Waals surface area contributed by atoms with Crippen molar-refractivity contribution in [2.45, 2.75) is 44.0 Å². The number of benzene rings is 1. The lowest BCUT2D eigenvalue weighted by Crippen LogP contribution is -2.21. The second-order valence-electron chi connectivity index (χ2n) is 4.89. The summed E-state index contributed by atoms with van der Waals surface area (Å²) in [5.41, 5.74) is 1.15. The number of thiazole rings is 1. The SMILES string of the molecule is Cc1nc(CSc2ccc(Cl)cc2)sc1CNC(C)C. The zero-order chi connectivity index (χ0) is 14.5. The molecule has 1 heterocycles. The van der Waals surface area contributed by atoms with Gasteiger partial charge in [-0.1, -0.05) is 25.4 Å². The number of thioether (sulfide) groups is 1. The van der Waals surface area contributed by atoms with Gasteiger partial charge in [0.15, 0.2) is 0 Å². The molecule has 0 unspecified atom stereocenters. The van der Waals surface area contributed by atoms with E-state index in [0.29, 0.717) is 6.04 Å². The highest BCUT2D eigenvalue weighted by Crippen LogP contribution is 2.27. The van der Waals surface area contributed by atoms with Gasteiger partial charge in [-0.15, -0.1) is 23.1 Å². The van der Waals surface area contributed by atoms with Crippen molar-refractivity contribution in [2.24, 2.45) is 0 Å². The Labute approximate surface area is 134 Å². The number of rotatable bonds is 6. The fraction of sp³-hybridized carbons (Fsp3) is 0.400. The molecule has 108 valence electrons. The minimum atomic E-state index is 0.503. The monoisotopic (exact) mass is 326 g/mol. The standard InChI is InChI=1S/C15H19ClN2S2/c1-10(2)17-8-14-11(3)18-15(20-14)9-19-13-6-4-12(16)5-7-13/h4-7,10,17H,8-9H2,1-3H3. The number of hydrogen-bond donors (Lipinski definition) is 1. The molecule has 0 saturated carbocycles. The quantitative estimate of drug-likeness (QED) is 0.765. The molecule has 0 atom stereocenters. The Balaban J connectivity index is 1.93. The minimum absolute atomic E-state index is 0.503. The number of halogens is 1. The maximum Gasteiger partial charge on any atom is 0.103 e. The van der Waals surface area contributed by atoms with Gasteiger partial charge in [0.2, 0.25) is 0 Å². The summed E-state index contributed by atoms with van der Waals surface area (Å²) in [5.74, 6) is 0.912. The molecule has 1 N–H and O–H groups in total. The summed E-state index contributed by atoms with van der Waals surface area (Å²) >= 11 is 9.49. The zero-order valence-corrected chi connectivity index (χ0v) is 14.3. The Morgan fingerprint density at radius 3 is 2.65 bits per heavy atom. The highest BCUT2D eigenvalue weighted by molar-refractivity contribution is 7.98. The van der Waals surface area contributed by atoms with Crippen LogP contribution in [0.15, 0.2) is 29.2 Å². The molecule has 2 rings (SSSR count). The first-order chi connectivity index (χ1) is 9.54. The molecule has 0 aliphatic rings. The molecule has 0 bridgehead atoms. The predicted octanol–water partition coefficient (Wildman–Crippen LogP) is 4.90. The average Bonchev–Trinajstić information content (AvgIpc) is 2.76. The van der Waals surface area contributed by atoms with Crippen LogP contribution in [-0.2, 0) is 12.3 Å². The Bertz CT molecular complexity index is 550. The smallest absolute Gasteiger partial charge is 0.103 e. The van der Waals surface area contributed by atoms with E-state index in [9.17, 15) is 0 Å². The molecule has 5 heteroatoms. The van der Waals surface area contributed by atoms with E-state index < -0.39 is 0 Å². The van der Waals surface area contributed by atoms with Gasteiger partial charge >= 0.3 is 0 Å². The van der Waals surface area contributed by atoms with Gasteiger partial charge in [0.05, 0.1) is 11.4 Å². The lowest BCUT2D eigenvalue weighted by Gasteiger charge is -2.05. The van der Waals surface area contributed by atoms with Crippen molar-refractivity contribution in [3.8, 4) is 0 Å². The molecule has 20 heavy (non-hydrogen) atoms. The van der Waals surface area contributed by atoms with Gasteiger partial charge in [-0.3, -0.25) is 0 Å². The van der Waals surface area contributed by atoms with Crippen molar-refractivity contribution in [1.29, 1.82) is 0 Å². The zero-order valence-electron chi connectivity index (χ0n) is 11.9. The van der Waals surface area contributed by atoms with E-state index in [1.54, 1.807) is 23.1 Å². The molecule has 1 aromatic heterocycles. The van der Waals surface area contributed by atoms with Crippen LogP contribution in [0.3, 0.4) is 0 Å². The molecule has 1 aromatic carbocycles. The molecule has 0 fully saturated rings. The van der Waals surface area contributed by atoms with Crippen molar-refractivity contribution >= 4 is 34.7 Å². The van der Waals surface area contributed by atoms with Crippen LogP contribution in [0.2, 0.25) is 5.02 Å². The van der Waals surface area contributed by atoms with Crippen molar-refractivity contribution in [2.75, 3.05) is 0 Å². The van der Waals surface area contributed by atoms with Crippen molar-refractivity contribution in [3.63, 3.8) is 0 Å². The molecular formula is C15H19ClN2S2. The molecule has 0 spiro atoms. The number of aromatic nitrogens is 1. The van der Waals surface area contributed by atoms with Crippen LogP contribution in [0, 0.1) is 6.92 Å². The highest BCUT2D eigenvalue weighted by Gasteiger charge is 2.08. The third-order valence-corrected chi connectivity index (χ3v) is 5.40. The molecule has 0 radical (unpaired) electrons. The molecule has 0 aliphatic carbocycles. The summed E-state index contributed by atoms with van der Waals surface area (Å²) in [6.45, 7) is 7.32. The van der Waals surface area contributed by atoms with Crippen molar-refractivity contribution in [1.82, 2.24) is 10.3 Å². The molecule has 2 aromatic rings. The number of aryl methyl sites for hydroxylation is 1. The number of nitrogens with one attached hydrogen (secondary N) is 1. The van der Waals surface area contributed by atoms with Crippen LogP contribution in [0.1, 0.15) is 29.4 Å². The van der Waals surface area contributed by atoms with E-state index in [1.165, 1.54) is 14.8 Å². The fourth-order valence-corrected chi connectivity index (χ4v) is 3.72. The Morgan fingerprint density at radius 2 is 2.00 bits per heavy atom. The lowest BCUT2D eigenvalue weighted by atomic mass is 10.3. The topological polar surface area (TPSA) is 24.9 Å². The van der Waals surface area contributed by atoms with E-state index in [4.69, 9.17) is 11.6 Å². The van der Waals surface area contributed by atoms with Crippen LogP contribution < -0.4 is 5.32 Å². The van der Waals surface area contributed by atoms with Crippen LogP contribution in [-0.4, -0.2) is 11.0 Å². The van der Waals surface area contributed by atoms with Gasteiger partial charge in [0.25, 0.3) is 0 Å². The van der Waals surface area contributed by atoms with E-state index >= 15 is 0 Å². The summed E-state index contributed by atoms with van der Waals surface area (Å²) in [6, 6.07) is 8.45. The Morgan fingerprint density at radius 1 is 1.30 bits per heavy atom. The maximum absolute atomic E-state index is 5.89. The van der Waals surface area contributed by atoms with Gasteiger partial charge in [-0.05, 0) is 31.2 Å². The van der Waals surface area contributed by atoms with Gasteiger partial charge < -0.3 is 5.32 Å². The lowest BCUT2D eigenvalue weighted by molar-refractivity contribution is 0.591. The molecule has 0 amide bonds. The minimum Gasteiger partial charge on any atom is -0.310 e. The van der Waals surface area contributed by atoms with Crippen molar-refractivity contribution < 1.29 is 0 Å². The fourth-order valence-electron chi connectivity index (χ4n) is 1.69. The van der Waals surface area contributed by atoms with Gasteiger partial charge in [0, 0.05) is 27.4 Å². The Hall–Kier alpha value is -0.550. The number of hydrogen-bond acceptors (Lipinski definition) is 4. The first kappa shape index (κ1) is 15.8. The third-order valence-electron chi connectivity index (χ3n) is 2.78. The third kappa shape index (κ3) is 4.77. The van der Waals surface area contributed by atoms with Crippen LogP contribution >= 0.6 is 34.7 Å². The maximum atomic E-state index is 5.89. The largest absolute Gasteiger partial charge is 0.310 e. The normalized spacial score (nSPS) is 11.2. The second-order valence-corrected chi connectivity index (χ2v) is 7.55. The van der Waals surface area contributed by atoms with Crippen molar-refractivity contribution in [3.05, 3.63) is 44.9 Å². The van der Waals surface area contributed by atoms with E-state index in [-0.39, 0.29) is 0 Å². The second kappa shape index (κ2) is 7.46. The van der Waals surface area contributed by atoms with Crippen LogP contribution in [0.4, 0.5) is 0 Å². The highest BCUT2D eigenvalue weighted by atomic mass is 35.5. The predicted molar refractivity (Wildman–Crippen MR) is 89.8 cm³/mol. The molecular weight excluding hydrogens is 308 g/mol. The van der Waals surface area contributed by atoms with E-state index in [2.05, 4.69) is 43.2 Å². The Kier molecular flexibility index (Phi) is 5.90. The number of nitrogens with zero attached hydrogens (tertiary/aromatic N) is 1. The van der Waals surface area contributed by atoms with Gasteiger partial charge in [-0.2, -0.15) is 0 Å². The molecule has 0 saturated heterocycles. The first-order valence-electron chi connectivity index (χ1n) is 6.61. The summed E-state index contributed by atoms with van der Waals surface area (Å²) in [7, 11) is 0.